The standard InChI is InChI=1S/C15H11ClN4OS/c16-11-4-1-5-12(7-11)18-14(21)20-15-19-13(9-22-15)10-3-2-6-17-8-10/h1-9H,(H2,18,19,20,21). The van der Waals surface area contributed by atoms with Gasteiger partial charge in [-0.2, -0.15) is 0 Å². The van der Waals surface area contributed by atoms with Crippen molar-refractivity contribution in [1.82, 2.24) is 9.97 Å². The molecule has 2 heterocycles. The molecule has 5 nitrogen and oxygen atoms in total. The Hall–Kier alpha value is -2.44. The number of hydrogen-bond donors (Lipinski definition) is 2. The van der Waals surface area contributed by atoms with Gasteiger partial charge < -0.3 is 5.32 Å². The number of pyridine rings is 1. The summed E-state index contributed by atoms with van der Waals surface area (Å²) in [6.07, 6.45) is 3.43. The second kappa shape index (κ2) is 6.55. The van der Waals surface area contributed by atoms with E-state index in [1.165, 1.54) is 11.3 Å². The van der Waals surface area contributed by atoms with Gasteiger partial charge in [-0.05, 0) is 30.3 Å². The predicted octanol–water partition coefficient (Wildman–Crippen LogP) is 4.50. The minimum Gasteiger partial charge on any atom is -0.308 e. The normalized spacial score (nSPS) is 10.2. The number of rotatable bonds is 3. The molecule has 22 heavy (non-hydrogen) atoms. The zero-order chi connectivity index (χ0) is 15.4. The number of hydrogen-bond acceptors (Lipinski definition) is 4. The van der Waals surface area contributed by atoms with Gasteiger partial charge in [0.15, 0.2) is 5.13 Å². The van der Waals surface area contributed by atoms with E-state index in [0.29, 0.717) is 15.8 Å². The van der Waals surface area contributed by atoms with Gasteiger partial charge in [0.05, 0.1) is 5.69 Å². The summed E-state index contributed by atoms with van der Waals surface area (Å²) in [4.78, 5) is 20.3. The van der Waals surface area contributed by atoms with Crippen molar-refractivity contribution in [3.63, 3.8) is 0 Å². The van der Waals surface area contributed by atoms with Gasteiger partial charge >= 0.3 is 6.03 Å². The number of nitrogens with one attached hydrogen (secondary N) is 2. The van der Waals surface area contributed by atoms with Gasteiger partial charge in [-0.15, -0.1) is 11.3 Å². The largest absolute Gasteiger partial charge is 0.325 e. The van der Waals surface area contributed by atoms with Crippen molar-refractivity contribution in [3.8, 4) is 11.3 Å². The molecule has 2 aromatic heterocycles. The van der Waals surface area contributed by atoms with E-state index < -0.39 is 0 Å². The van der Waals surface area contributed by atoms with E-state index in [1.54, 1.807) is 36.7 Å². The maximum atomic E-state index is 11.9. The van der Waals surface area contributed by atoms with Gasteiger partial charge in [0, 0.05) is 34.0 Å². The summed E-state index contributed by atoms with van der Waals surface area (Å²) in [7, 11) is 0. The van der Waals surface area contributed by atoms with Gasteiger partial charge in [0.2, 0.25) is 0 Å². The topological polar surface area (TPSA) is 66.9 Å². The van der Waals surface area contributed by atoms with Crippen LogP contribution in [0, 0.1) is 0 Å². The molecule has 0 fully saturated rings. The Morgan fingerprint density at radius 2 is 2.09 bits per heavy atom. The van der Waals surface area contributed by atoms with Gasteiger partial charge in [0.1, 0.15) is 0 Å². The molecule has 0 aliphatic rings. The monoisotopic (exact) mass is 330 g/mol. The van der Waals surface area contributed by atoms with E-state index in [-0.39, 0.29) is 6.03 Å². The first-order valence-corrected chi connectivity index (χ1v) is 7.66. The lowest BCUT2D eigenvalue weighted by Crippen LogP contribution is -2.19. The Morgan fingerprint density at radius 3 is 2.86 bits per heavy atom. The molecule has 110 valence electrons. The van der Waals surface area contributed by atoms with Crippen molar-refractivity contribution in [2.24, 2.45) is 0 Å². The predicted molar refractivity (Wildman–Crippen MR) is 89.4 cm³/mol. The Balaban J connectivity index is 1.66. The second-order valence-electron chi connectivity index (χ2n) is 4.37. The van der Waals surface area contributed by atoms with Crippen LogP contribution in [-0.2, 0) is 0 Å². The number of halogens is 1. The fraction of sp³-hybridized carbons (Fsp3) is 0. The van der Waals surface area contributed by atoms with Crippen molar-refractivity contribution in [3.05, 3.63) is 59.2 Å². The number of anilines is 2. The van der Waals surface area contributed by atoms with Crippen LogP contribution >= 0.6 is 22.9 Å². The van der Waals surface area contributed by atoms with Crippen LogP contribution in [0.2, 0.25) is 5.02 Å². The second-order valence-corrected chi connectivity index (χ2v) is 5.66. The van der Waals surface area contributed by atoms with Crippen LogP contribution in [0.5, 0.6) is 0 Å². The van der Waals surface area contributed by atoms with Crippen LogP contribution in [0.4, 0.5) is 15.6 Å². The molecule has 2 amide bonds. The van der Waals surface area contributed by atoms with Crippen molar-refractivity contribution in [2.45, 2.75) is 0 Å². The fourth-order valence-electron chi connectivity index (χ4n) is 1.80. The maximum Gasteiger partial charge on any atom is 0.325 e. The molecular weight excluding hydrogens is 320 g/mol. The van der Waals surface area contributed by atoms with Crippen molar-refractivity contribution in [1.29, 1.82) is 0 Å². The highest BCUT2D eigenvalue weighted by Gasteiger charge is 2.08. The summed E-state index contributed by atoms with van der Waals surface area (Å²) in [5, 5.41) is 8.33. The zero-order valence-electron chi connectivity index (χ0n) is 11.3. The maximum absolute atomic E-state index is 11.9. The van der Waals surface area contributed by atoms with E-state index >= 15 is 0 Å². The molecule has 0 saturated carbocycles. The molecule has 0 aliphatic carbocycles. The average Bonchev–Trinajstić information content (AvgIpc) is 2.96. The minimum absolute atomic E-state index is 0.366. The summed E-state index contributed by atoms with van der Waals surface area (Å²) < 4.78 is 0. The Kier molecular flexibility index (Phi) is 4.32. The number of benzene rings is 1. The Morgan fingerprint density at radius 1 is 1.18 bits per heavy atom. The summed E-state index contributed by atoms with van der Waals surface area (Å²) in [6.45, 7) is 0. The van der Waals surface area contributed by atoms with Crippen LogP contribution in [0.3, 0.4) is 0 Å². The average molecular weight is 331 g/mol. The first kappa shape index (κ1) is 14.5. The quantitative estimate of drug-likeness (QED) is 0.742. The third-order valence-electron chi connectivity index (χ3n) is 2.76. The lowest BCUT2D eigenvalue weighted by Gasteiger charge is -2.05. The van der Waals surface area contributed by atoms with Gasteiger partial charge in [-0.1, -0.05) is 17.7 Å². The molecule has 2 N–H and O–H groups in total. The lowest BCUT2D eigenvalue weighted by atomic mass is 10.2. The molecule has 0 radical (unpaired) electrons. The molecule has 0 unspecified atom stereocenters. The fourth-order valence-corrected chi connectivity index (χ4v) is 2.71. The van der Waals surface area contributed by atoms with Crippen LogP contribution in [0.25, 0.3) is 11.3 Å². The van der Waals surface area contributed by atoms with Gasteiger partial charge in [-0.3, -0.25) is 10.3 Å². The summed E-state index contributed by atoms with van der Waals surface area (Å²) >= 11 is 7.22. The van der Waals surface area contributed by atoms with Crippen molar-refractivity contribution >= 4 is 39.8 Å². The van der Waals surface area contributed by atoms with Crippen LogP contribution < -0.4 is 10.6 Å². The Labute approximate surface area is 136 Å². The number of urea groups is 1. The summed E-state index contributed by atoms with van der Waals surface area (Å²) in [5.74, 6) is 0. The minimum atomic E-state index is -0.366. The van der Waals surface area contributed by atoms with Crippen molar-refractivity contribution in [2.75, 3.05) is 10.6 Å². The lowest BCUT2D eigenvalue weighted by molar-refractivity contribution is 0.262. The molecule has 0 bridgehead atoms. The Bertz CT molecular complexity index is 791. The zero-order valence-corrected chi connectivity index (χ0v) is 12.9. The van der Waals surface area contributed by atoms with Crippen LogP contribution in [-0.4, -0.2) is 16.0 Å². The number of nitrogens with zero attached hydrogens (tertiary/aromatic N) is 2. The van der Waals surface area contributed by atoms with E-state index in [1.807, 2.05) is 17.5 Å². The van der Waals surface area contributed by atoms with Crippen LogP contribution in [0.15, 0.2) is 54.2 Å². The summed E-state index contributed by atoms with van der Waals surface area (Å²) in [6, 6.07) is 10.3. The molecule has 0 saturated heterocycles. The molecule has 0 spiro atoms. The van der Waals surface area contributed by atoms with Crippen molar-refractivity contribution < 1.29 is 4.79 Å². The molecular formula is C15H11ClN4OS. The molecule has 0 aliphatic heterocycles. The van der Waals surface area contributed by atoms with E-state index in [2.05, 4.69) is 20.6 Å². The molecule has 1 aromatic carbocycles. The SMILES string of the molecule is O=C(Nc1cccc(Cl)c1)Nc1nc(-c2cccnc2)cs1. The van der Waals surface area contributed by atoms with Gasteiger partial charge in [-0.25, -0.2) is 9.78 Å². The van der Waals surface area contributed by atoms with E-state index in [4.69, 9.17) is 11.6 Å². The first-order valence-electron chi connectivity index (χ1n) is 6.40. The van der Waals surface area contributed by atoms with E-state index in [0.717, 1.165) is 11.3 Å². The molecule has 0 atom stereocenters. The molecule has 3 rings (SSSR count). The number of carbonyl (C=O) groups is 1. The number of thiazole rings is 1. The molecule has 3 aromatic rings. The molecule has 7 heteroatoms. The highest BCUT2D eigenvalue weighted by molar-refractivity contribution is 7.14. The highest BCUT2D eigenvalue weighted by Crippen LogP contribution is 2.24. The number of carbonyl (C=O) groups excluding carboxylic acids is 1. The smallest absolute Gasteiger partial charge is 0.308 e. The number of amides is 2. The van der Waals surface area contributed by atoms with E-state index in [9.17, 15) is 4.79 Å². The summed E-state index contributed by atoms with van der Waals surface area (Å²) in [5.41, 5.74) is 2.30. The third-order valence-corrected chi connectivity index (χ3v) is 3.76. The number of aromatic nitrogens is 2. The third kappa shape index (κ3) is 3.60. The first-order chi connectivity index (χ1) is 10.7. The highest BCUT2D eigenvalue weighted by atomic mass is 35.5. The van der Waals surface area contributed by atoms with Gasteiger partial charge in [0.25, 0.3) is 0 Å². The van der Waals surface area contributed by atoms with Crippen LogP contribution in [0.1, 0.15) is 0 Å².